The van der Waals surface area contributed by atoms with Crippen molar-refractivity contribution in [2.24, 2.45) is 0 Å². The van der Waals surface area contributed by atoms with Gasteiger partial charge in [-0.05, 0) is 51.8 Å². The van der Waals surface area contributed by atoms with Crippen LogP contribution in [-0.2, 0) is 11.2 Å². The maximum absolute atomic E-state index is 12.7. The van der Waals surface area contributed by atoms with Gasteiger partial charge in [-0.3, -0.25) is 4.79 Å². The largest absolute Gasteiger partial charge is 0.481 e. The quantitative estimate of drug-likeness (QED) is 0.709. The van der Waals surface area contributed by atoms with Gasteiger partial charge in [0.1, 0.15) is 0 Å². The Bertz CT molecular complexity index is 600. The van der Waals surface area contributed by atoms with E-state index in [1.54, 1.807) is 4.90 Å². The lowest BCUT2D eigenvalue weighted by Crippen LogP contribution is -2.59. The summed E-state index contributed by atoms with van der Waals surface area (Å²) in [6.07, 6.45) is 4.50. The Labute approximate surface area is 156 Å². The van der Waals surface area contributed by atoms with Crippen LogP contribution in [0, 0.1) is 0 Å². The van der Waals surface area contributed by atoms with Crippen molar-refractivity contribution in [3.05, 3.63) is 35.9 Å². The molecule has 0 bridgehead atoms. The number of carboxylic acid groups (broad SMARTS) is 1. The fourth-order valence-electron chi connectivity index (χ4n) is 3.55. The molecule has 144 valence electrons. The van der Waals surface area contributed by atoms with Gasteiger partial charge in [0.05, 0.1) is 0 Å². The van der Waals surface area contributed by atoms with E-state index >= 15 is 0 Å². The Kier molecular flexibility index (Phi) is 7.03. The number of carbonyl (C=O) groups is 2. The van der Waals surface area contributed by atoms with E-state index in [2.05, 4.69) is 24.3 Å². The number of amides is 2. The van der Waals surface area contributed by atoms with Crippen LogP contribution in [0.5, 0.6) is 0 Å². The number of nitrogens with one attached hydrogen (secondary N) is 1. The summed E-state index contributed by atoms with van der Waals surface area (Å²) in [5, 5.41) is 12.0. The van der Waals surface area contributed by atoms with Crippen molar-refractivity contribution >= 4 is 12.0 Å². The first kappa shape index (κ1) is 20.2. The average Bonchev–Trinajstić information content (AvgIpc) is 2.56. The summed E-state index contributed by atoms with van der Waals surface area (Å²) < 4.78 is 0. The molecular formula is C20H31N3O3. The molecular weight excluding hydrogens is 330 g/mol. The third-order valence-electron chi connectivity index (χ3n) is 5.47. The number of carboxylic acids is 1. The summed E-state index contributed by atoms with van der Waals surface area (Å²) in [6, 6.07) is 9.52. The molecule has 1 aromatic carbocycles. The first-order valence-electron chi connectivity index (χ1n) is 9.27. The monoisotopic (exact) mass is 361 g/mol. The number of nitrogens with zero attached hydrogens (tertiary/aromatic N) is 2. The Hall–Kier alpha value is -2.08. The second-order valence-corrected chi connectivity index (χ2v) is 7.60. The van der Waals surface area contributed by atoms with E-state index in [4.69, 9.17) is 5.11 Å². The van der Waals surface area contributed by atoms with E-state index in [9.17, 15) is 9.59 Å². The van der Waals surface area contributed by atoms with E-state index in [0.29, 0.717) is 19.4 Å². The predicted octanol–water partition coefficient (Wildman–Crippen LogP) is 2.59. The Balaban J connectivity index is 1.96. The van der Waals surface area contributed by atoms with Crippen LogP contribution in [0.25, 0.3) is 0 Å². The van der Waals surface area contributed by atoms with Crippen LogP contribution < -0.4 is 5.32 Å². The molecule has 2 N–H and O–H groups in total. The molecule has 0 spiro atoms. The molecule has 1 saturated carbocycles. The van der Waals surface area contributed by atoms with Gasteiger partial charge in [-0.2, -0.15) is 0 Å². The van der Waals surface area contributed by atoms with Gasteiger partial charge in [-0.25, -0.2) is 4.79 Å². The molecule has 1 fully saturated rings. The highest BCUT2D eigenvalue weighted by atomic mass is 16.4. The Morgan fingerprint density at radius 2 is 1.85 bits per heavy atom. The second kappa shape index (κ2) is 9.03. The van der Waals surface area contributed by atoms with Gasteiger partial charge in [0.25, 0.3) is 0 Å². The van der Waals surface area contributed by atoms with Crippen molar-refractivity contribution in [3.63, 3.8) is 0 Å². The minimum absolute atomic E-state index is 0.0448. The fraction of sp³-hybridized carbons (Fsp3) is 0.600. The first-order valence-corrected chi connectivity index (χ1v) is 9.27. The predicted molar refractivity (Wildman–Crippen MR) is 102 cm³/mol. The van der Waals surface area contributed by atoms with E-state index in [-0.39, 0.29) is 24.0 Å². The van der Waals surface area contributed by atoms with Crippen molar-refractivity contribution in [2.75, 3.05) is 27.7 Å². The summed E-state index contributed by atoms with van der Waals surface area (Å²) in [6.45, 7) is 0.683. The molecule has 6 nitrogen and oxygen atoms in total. The summed E-state index contributed by atoms with van der Waals surface area (Å²) in [5.41, 5.74) is 1.16. The van der Waals surface area contributed by atoms with Crippen LogP contribution in [0.2, 0.25) is 0 Å². The summed E-state index contributed by atoms with van der Waals surface area (Å²) in [7, 11) is 5.95. The molecule has 6 heteroatoms. The van der Waals surface area contributed by atoms with Gasteiger partial charge in [0.15, 0.2) is 0 Å². The number of urea groups is 1. The van der Waals surface area contributed by atoms with E-state index in [0.717, 1.165) is 18.4 Å². The van der Waals surface area contributed by atoms with E-state index in [1.807, 2.05) is 37.4 Å². The number of benzene rings is 1. The SMILES string of the molecule is CN(CC1(N(C)C)CCC1)C(=O)NC(CCC(=O)O)Cc1ccccc1. The zero-order chi connectivity index (χ0) is 19.2. The number of likely N-dealkylation sites (N-methyl/N-ethyl adjacent to an activating group) is 2. The van der Waals surface area contributed by atoms with Crippen LogP contribution in [0.1, 0.15) is 37.7 Å². The summed E-state index contributed by atoms with van der Waals surface area (Å²) in [5.74, 6) is -0.841. The molecule has 0 aromatic heterocycles. The van der Waals surface area contributed by atoms with Crippen LogP contribution in [0.3, 0.4) is 0 Å². The average molecular weight is 361 g/mol. The van der Waals surface area contributed by atoms with Crippen LogP contribution in [0.15, 0.2) is 30.3 Å². The minimum Gasteiger partial charge on any atom is -0.481 e. The number of carbonyl (C=O) groups excluding carboxylic acids is 1. The molecule has 2 amide bonds. The van der Waals surface area contributed by atoms with Crippen molar-refractivity contribution in [2.45, 2.75) is 50.1 Å². The third kappa shape index (κ3) is 5.46. The molecule has 0 heterocycles. The number of hydrogen-bond acceptors (Lipinski definition) is 3. The van der Waals surface area contributed by atoms with Gasteiger partial charge in [-0.1, -0.05) is 30.3 Å². The number of rotatable bonds is 9. The van der Waals surface area contributed by atoms with Crippen molar-refractivity contribution in [3.8, 4) is 0 Å². The van der Waals surface area contributed by atoms with Gasteiger partial charge in [0.2, 0.25) is 0 Å². The van der Waals surface area contributed by atoms with Crippen molar-refractivity contribution < 1.29 is 14.7 Å². The number of hydrogen-bond donors (Lipinski definition) is 2. The number of aliphatic carboxylic acids is 1. The molecule has 2 rings (SSSR count). The molecule has 0 saturated heterocycles. The second-order valence-electron chi connectivity index (χ2n) is 7.60. The van der Waals surface area contributed by atoms with Gasteiger partial charge < -0.3 is 20.2 Å². The lowest BCUT2D eigenvalue weighted by molar-refractivity contribution is -0.137. The first-order chi connectivity index (χ1) is 12.3. The van der Waals surface area contributed by atoms with Crippen molar-refractivity contribution in [1.29, 1.82) is 0 Å². The highest BCUT2D eigenvalue weighted by Gasteiger charge is 2.40. The molecule has 1 atom stereocenters. The summed E-state index contributed by atoms with van der Waals surface area (Å²) >= 11 is 0. The molecule has 26 heavy (non-hydrogen) atoms. The zero-order valence-corrected chi connectivity index (χ0v) is 16.1. The van der Waals surface area contributed by atoms with Gasteiger partial charge in [-0.15, -0.1) is 0 Å². The normalized spacial score (nSPS) is 16.6. The van der Waals surface area contributed by atoms with Gasteiger partial charge >= 0.3 is 12.0 Å². The van der Waals surface area contributed by atoms with Crippen LogP contribution >= 0.6 is 0 Å². The fourth-order valence-corrected chi connectivity index (χ4v) is 3.55. The molecule has 1 aromatic rings. The smallest absolute Gasteiger partial charge is 0.317 e. The maximum Gasteiger partial charge on any atom is 0.317 e. The van der Waals surface area contributed by atoms with Crippen LogP contribution in [0.4, 0.5) is 4.79 Å². The lowest BCUT2D eigenvalue weighted by atomic mass is 9.75. The maximum atomic E-state index is 12.7. The standard InChI is InChI=1S/C20H31N3O3/c1-22(2)20(12-7-13-20)15-23(3)19(26)21-17(10-11-18(24)25)14-16-8-5-4-6-9-16/h4-6,8-9,17H,7,10-15H2,1-3H3,(H,21,26)(H,24,25). The zero-order valence-electron chi connectivity index (χ0n) is 16.1. The lowest BCUT2D eigenvalue weighted by Gasteiger charge is -2.49. The van der Waals surface area contributed by atoms with E-state index < -0.39 is 5.97 Å². The molecule has 1 aliphatic rings. The Morgan fingerprint density at radius 1 is 1.19 bits per heavy atom. The topological polar surface area (TPSA) is 72.9 Å². The minimum atomic E-state index is -0.841. The highest BCUT2D eigenvalue weighted by molar-refractivity contribution is 5.74. The van der Waals surface area contributed by atoms with Gasteiger partial charge in [0, 0.05) is 31.6 Å². The molecule has 1 aliphatic carbocycles. The summed E-state index contributed by atoms with van der Waals surface area (Å²) in [4.78, 5) is 27.6. The third-order valence-corrected chi connectivity index (χ3v) is 5.47. The molecule has 0 aliphatic heterocycles. The Morgan fingerprint density at radius 3 is 2.35 bits per heavy atom. The molecule has 0 radical (unpaired) electrons. The highest BCUT2D eigenvalue weighted by Crippen LogP contribution is 2.36. The van der Waals surface area contributed by atoms with E-state index in [1.165, 1.54) is 6.42 Å². The molecule has 1 unspecified atom stereocenters. The van der Waals surface area contributed by atoms with Crippen molar-refractivity contribution in [1.82, 2.24) is 15.1 Å². The van der Waals surface area contributed by atoms with Crippen LogP contribution in [-0.4, -0.2) is 66.2 Å².